The van der Waals surface area contributed by atoms with E-state index in [2.05, 4.69) is 26.6 Å². The van der Waals surface area contributed by atoms with E-state index in [0.29, 0.717) is 24.9 Å². The molecule has 0 aromatic heterocycles. The van der Waals surface area contributed by atoms with E-state index in [1.807, 2.05) is 13.8 Å². The number of carbonyl (C=O) groups excluding carboxylic acids is 5. The molecule has 1 aliphatic heterocycles. The monoisotopic (exact) mass is 645 g/mol. The number of nitrogens with one attached hydrogen (secondary N) is 5. The van der Waals surface area contributed by atoms with Crippen LogP contribution in [0.25, 0.3) is 0 Å². The van der Waals surface area contributed by atoms with E-state index in [1.165, 1.54) is 12.1 Å². The molecule has 0 fully saturated rings. The number of aliphatic carboxylic acids is 1. The second kappa shape index (κ2) is 19.1. The van der Waals surface area contributed by atoms with Crippen molar-refractivity contribution in [2.75, 3.05) is 13.1 Å². The van der Waals surface area contributed by atoms with Crippen molar-refractivity contribution in [2.45, 2.75) is 89.0 Å². The van der Waals surface area contributed by atoms with Crippen LogP contribution in [0.4, 0.5) is 0 Å². The Kier molecular flexibility index (Phi) is 15.7. The van der Waals surface area contributed by atoms with Crippen LogP contribution in [0.5, 0.6) is 5.75 Å². The zero-order valence-corrected chi connectivity index (χ0v) is 26.3. The lowest BCUT2D eigenvalue weighted by Gasteiger charge is -2.25. The molecule has 254 valence electrons. The van der Waals surface area contributed by atoms with Crippen LogP contribution in [0.1, 0.15) is 57.9 Å². The highest BCUT2D eigenvalue weighted by Gasteiger charge is 2.30. The van der Waals surface area contributed by atoms with Crippen LogP contribution in [-0.2, 0) is 35.2 Å². The molecule has 0 aliphatic carbocycles. The van der Waals surface area contributed by atoms with Gasteiger partial charge in [-0.15, -0.1) is 0 Å². The van der Waals surface area contributed by atoms with Gasteiger partial charge in [-0.25, -0.2) is 4.79 Å². The summed E-state index contributed by atoms with van der Waals surface area (Å²) >= 11 is 0. The molecule has 0 spiro atoms. The second-order valence-electron chi connectivity index (χ2n) is 11.7. The van der Waals surface area contributed by atoms with Gasteiger partial charge in [0.1, 0.15) is 29.9 Å². The minimum absolute atomic E-state index is 0.00272. The molecule has 0 saturated carbocycles. The Morgan fingerprint density at radius 2 is 1.63 bits per heavy atom. The third kappa shape index (κ3) is 13.2. The van der Waals surface area contributed by atoms with E-state index in [1.54, 1.807) is 24.3 Å². The Bertz CT molecular complexity index is 1240. The summed E-state index contributed by atoms with van der Waals surface area (Å²) in [5.41, 5.74) is 12.1. The average Bonchev–Trinajstić information content (AvgIpc) is 3.00. The first-order valence-corrected chi connectivity index (χ1v) is 15.4. The Hall–Kier alpha value is -4.50. The van der Waals surface area contributed by atoms with E-state index >= 15 is 0 Å². The molecule has 2 rings (SSSR count). The van der Waals surface area contributed by atoms with Gasteiger partial charge >= 0.3 is 5.97 Å². The molecule has 0 unspecified atom stereocenters. The average molecular weight is 646 g/mol. The van der Waals surface area contributed by atoms with Gasteiger partial charge in [0.2, 0.25) is 29.5 Å². The van der Waals surface area contributed by atoms with E-state index in [0.717, 1.165) is 0 Å². The maximum Gasteiger partial charge on any atom is 0.326 e. The number of carboxylic acid groups (broad SMARTS) is 1. The lowest BCUT2D eigenvalue weighted by Crippen LogP contribution is -2.57. The van der Waals surface area contributed by atoms with Crippen molar-refractivity contribution in [3.63, 3.8) is 0 Å². The van der Waals surface area contributed by atoms with Crippen molar-refractivity contribution in [1.29, 1.82) is 0 Å². The summed E-state index contributed by atoms with van der Waals surface area (Å²) in [6, 6.07) is 0.384. The van der Waals surface area contributed by atoms with Crippen LogP contribution in [-0.4, -0.2) is 89.0 Å². The van der Waals surface area contributed by atoms with Gasteiger partial charge in [0.05, 0.1) is 12.6 Å². The van der Waals surface area contributed by atoms with Crippen LogP contribution >= 0.6 is 0 Å². The summed E-state index contributed by atoms with van der Waals surface area (Å²) in [7, 11) is 0. The van der Waals surface area contributed by atoms with Crippen LogP contribution < -0.4 is 38.1 Å². The number of hydrogen-bond donors (Lipinski definition) is 9. The van der Waals surface area contributed by atoms with Gasteiger partial charge in [0.15, 0.2) is 0 Å². The van der Waals surface area contributed by atoms with E-state index in [-0.39, 0.29) is 43.8 Å². The highest BCUT2D eigenvalue weighted by atomic mass is 16.4. The lowest BCUT2D eigenvalue weighted by molar-refractivity contribution is -0.142. The molecule has 1 heterocycles. The highest BCUT2D eigenvalue weighted by Crippen LogP contribution is 2.13. The predicted molar refractivity (Wildman–Crippen MR) is 169 cm³/mol. The van der Waals surface area contributed by atoms with Crippen molar-refractivity contribution >= 4 is 35.5 Å². The van der Waals surface area contributed by atoms with Gasteiger partial charge in [-0.05, 0) is 68.7 Å². The van der Waals surface area contributed by atoms with E-state index in [4.69, 9.17) is 11.5 Å². The normalized spacial score (nSPS) is 21.5. The molecular weight excluding hydrogens is 598 g/mol. The molecule has 1 aromatic carbocycles. The molecule has 0 saturated heterocycles. The number of nitrogens with two attached hydrogens (primary N) is 2. The van der Waals surface area contributed by atoms with Crippen molar-refractivity contribution < 1.29 is 39.0 Å². The zero-order chi connectivity index (χ0) is 34.2. The molecule has 0 bridgehead atoms. The van der Waals surface area contributed by atoms with E-state index < -0.39 is 72.3 Å². The van der Waals surface area contributed by atoms with Crippen LogP contribution in [0.2, 0.25) is 0 Å². The van der Waals surface area contributed by atoms with Crippen molar-refractivity contribution in [1.82, 2.24) is 26.6 Å². The lowest BCUT2D eigenvalue weighted by atomic mass is 10.0. The van der Waals surface area contributed by atoms with Crippen LogP contribution in [0.15, 0.2) is 36.4 Å². The quantitative estimate of drug-likeness (QED) is 0.0927. The maximum absolute atomic E-state index is 13.5. The van der Waals surface area contributed by atoms with Crippen LogP contribution in [0.3, 0.4) is 0 Å². The molecule has 15 nitrogen and oxygen atoms in total. The molecular formula is C31H47N7O8. The standard InChI is InChI=1S/C31H47N7O8/c1-18(2)15-25(31(45)46)38-30(44)24(16-19-10-12-20(39)13-11-19)37-29(43)23-8-4-3-7-21(33)27(41)36-22(9-5-6-14-32)28(42)34-17-26(40)35-23/h3-4,10-13,18,21-25,39H,5-9,14-17,32-33H2,1-2H3,(H,34,42)(H,35,40)(H,36,41)(H,37,43)(H,38,44)(H,45,46)/b4-3+/t21-,22-,23-,24-,25-/m0/s1. The number of unbranched alkanes of at least 4 members (excludes halogenated alkanes) is 1. The SMILES string of the molecule is CC(C)C[C@H](NC(=O)[C@H](Cc1ccc(O)cc1)NC(=O)[C@@H]1C/C=C/C[C@H](N)C(=O)N[C@@H](CCCCN)C(=O)NCC(=O)N1)C(=O)O. The Morgan fingerprint density at radius 1 is 0.957 bits per heavy atom. The Labute approximate surface area is 268 Å². The molecule has 5 atom stereocenters. The molecule has 11 N–H and O–H groups in total. The van der Waals surface area contributed by atoms with Gasteiger partial charge in [0.25, 0.3) is 0 Å². The fraction of sp³-hybridized carbons (Fsp3) is 0.548. The highest BCUT2D eigenvalue weighted by molar-refractivity contribution is 5.95. The number of phenolic OH excluding ortho intramolecular Hbond substituents is 1. The summed E-state index contributed by atoms with van der Waals surface area (Å²) in [5.74, 6) is -4.60. The molecule has 46 heavy (non-hydrogen) atoms. The molecule has 5 amide bonds. The van der Waals surface area contributed by atoms with Crippen molar-refractivity contribution in [3.8, 4) is 5.75 Å². The van der Waals surface area contributed by atoms with Crippen molar-refractivity contribution in [3.05, 3.63) is 42.0 Å². The van der Waals surface area contributed by atoms with Gasteiger partial charge in [-0.3, -0.25) is 24.0 Å². The number of benzene rings is 1. The number of rotatable bonds is 13. The zero-order valence-electron chi connectivity index (χ0n) is 26.3. The maximum atomic E-state index is 13.5. The second-order valence-corrected chi connectivity index (χ2v) is 11.7. The number of amides is 5. The van der Waals surface area contributed by atoms with Crippen LogP contribution in [0, 0.1) is 5.92 Å². The number of phenols is 1. The minimum atomic E-state index is -1.24. The molecule has 15 heteroatoms. The molecule has 1 aromatic rings. The summed E-state index contributed by atoms with van der Waals surface area (Å²) in [5, 5.41) is 32.1. The topological polar surface area (TPSA) is 255 Å². The minimum Gasteiger partial charge on any atom is -0.508 e. The third-order valence-electron chi connectivity index (χ3n) is 7.25. The first kappa shape index (κ1) is 37.7. The first-order valence-electron chi connectivity index (χ1n) is 15.4. The summed E-state index contributed by atoms with van der Waals surface area (Å²) < 4.78 is 0. The number of carbonyl (C=O) groups is 6. The first-order chi connectivity index (χ1) is 21.8. The fourth-order valence-corrected chi connectivity index (χ4v) is 4.70. The fourth-order valence-electron chi connectivity index (χ4n) is 4.70. The molecule has 0 radical (unpaired) electrons. The smallest absolute Gasteiger partial charge is 0.326 e. The van der Waals surface area contributed by atoms with Crippen molar-refractivity contribution in [2.24, 2.45) is 17.4 Å². The van der Waals surface area contributed by atoms with E-state index in [9.17, 15) is 39.0 Å². The van der Waals surface area contributed by atoms with Gasteiger partial charge in [-0.1, -0.05) is 38.1 Å². The third-order valence-corrected chi connectivity index (χ3v) is 7.25. The largest absolute Gasteiger partial charge is 0.508 e. The van der Waals surface area contributed by atoms with Gasteiger partial charge in [-0.2, -0.15) is 0 Å². The number of aromatic hydroxyl groups is 1. The summed E-state index contributed by atoms with van der Waals surface area (Å²) in [6.45, 7) is 3.54. The van der Waals surface area contributed by atoms with Gasteiger partial charge < -0.3 is 48.3 Å². The van der Waals surface area contributed by atoms with Gasteiger partial charge in [0, 0.05) is 6.42 Å². The predicted octanol–water partition coefficient (Wildman–Crippen LogP) is -1.07. The summed E-state index contributed by atoms with van der Waals surface area (Å²) in [4.78, 5) is 77.0. The Morgan fingerprint density at radius 3 is 2.26 bits per heavy atom. The number of carboxylic acids is 1. The summed E-state index contributed by atoms with van der Waals surface area (Å²) in [6.07, 6.45) is 4.78. The Balaban J connectivity index is 2.28. The number of hydrogen-bond acceptors (Lipinski definition) is 9. The molecule has 1 aliphatic rings.